The number of aliphatic hydroxyl groups excluding tert-OH is 1. The summed E-state index contributed by atoms with van der Waals surface area (Å²) < 4.78 is 6.95. The molecule has 1 aliphatic carbocycles. The molecule has 0 radical (unpaired) electrons. The molecule has 1 atom stereocenters. The van der Waals surface area contributed by atoms with Crippen molar-refractivity contribution in [1.29, 1.82) is 0 Å². The van der Waals surface area contributed by atoms with E-state index in [1.165, 1.54) is 0 Å². The highest BCUT2D eigenvalue weighted by Crippen LogP contribution is 2.39. The standard InChI is InChI=1S/C23H22N2O4/c26-15(13-24-9-11-29-12-10-24)14-25-21-17-6-2-3-7-18(17)22(27)20(21)16-5-1-4-8-19(16)23(25)28/h1-8,15,26H,9-14H2/t15-/m0/s1. The van der Waals surface area contributed by atoms with Crippen molar-refractivity contribution < 1.29 is 14.6 Å². The average molecular weight is 390 g/mol. The summed E-state index contributed by atoms with van der Waals surface area (Å²) in [4.78, 5) is 28.6. The SMILES string of the molecule is O=C1c2ccccc2-c2c1c1ccccc1c(=O)n2C[C@@H](O)CN1CCOCC1. The Morgan fingerprint density at radius 3 is 2.31 bits per heavy atom. The van der Waals surface area contributed by atoms with Crippen LogP contribution >= 0.6 is 0 Å². The van der Waals surface area contributed by atoms with Crippen LogP contribution < -0.4 is 5.56 Å². The van der Waals surface area contributed by atoms with Crippen molar-refractivity contribution in [2.75, 3.05) is 32.8 Å². The molecule has 5 rings (SSSR count). The van der Waals surface area contributed by atoms with Gasteiger partial charge in [-0.1, -0.05) is 42.5 Å². The molecule has 2 aliphatic rings. The number of pyridine rings is 1. The van der Waals surface area contributed by atoms with Crippen LogP contribution in [-0.2, 0) is 11.3 Å². The highest BCUT2D eigenvalue weighted by atomic mass is 16.5. The van der Waals surface area contributed by atoms with Gasteiger partial charge < -0.3 is 14.4 Å². The van der Waals surface area contributed by atoms with Gasteiger partial charge in [0, 0.05) is 41.5 Å². The van der Waals surface area contributed by atoms with Crippen LogP contribution in [0.1, 0.15) is 15.9 Å². The summed E-state index contributed by atoms with van der Waals surface area (Å²) in [5.74, 6) is -0.0665. The van der Waals surface area contributed by atoms with Gasteiger partial charge in [0.2, 0.25) is 0 Å². The maximum Gasteiger partial charge on any atom is 0.259 e. The molecule has 1 aromatic heterocycles. The summed E-state index contributed by atoms with van der Waals surface area (Å²) >= 11 is 0. The van der Waals surface area contributed by atoms with E-state index in [-0.39, 0.29) is 17.9 Å². The minimum absolute atomic E-state index is 0.0665. The fourth-order valence-corrected chi connectivity index (χ4v) is 4.45. The number of ketones is 1. The Kier molecular flexibility index (Phi) is 4.54. The number of hydrogen-bond acceptors (Lipinski definition) is 5. The number of ether oxygens (including phenoxy) is 1. The summed E-state index contributed by atoms with van der Waals surface area (Å²) in [5, 5.41) is 11.9. The molecule has 6 nitrogen and oxygen atoms in total. The predicted octanol–water partition coefficient (Wildman–Crippen LogP) is 1.91. The summed E-state index contributed by atoms with van der Waals surface area (Å²) in [5.41, 5.74) is 2.36. The number of aliphatic hydroxyl groups is 1. The first kappa shape index (κ1) is 18.2. The van der Waals surface area contributed by atoms with E-state index in [0.717, 1.165) is 18.7 Å². The molecule has 0 spiro atoms. The third-order valence-electron chi connectivity index (χ3n) is 5.80. The minimum atomic E-state index is -0.723. The Morgan fingerprint density at radius 2 is 1.55 bits per heavy atom. The topological polar surface area (TPSA) is 71.8 Å². The zero-order valence-electron chi connectivity index (χ0n) is 16.0. The largest absolute Gasteiger partial charge is 0.390 e. The predicted molar refractivity (Wildman–Crippen MR) is 110 cm³/mol. The monoisotopic (exact) mass is 390 g/mol. The van der Waals surface area contributed by atoms with Gasteiger partial charge in [-0.3, -0.25) is 14.5 Å². The van der Waals surface area contributed by atoms with Crippen molar-refractivity contribution in [2.45, 2.75) is 12.6 Å². The van der Waals surface area contributed by atoms with Crippen molar-refractivity contribution >= 4 is 16.6 Å². The average Bonchev–Trinajstić information content (AvgIpc) is 3.05. The lowest BCUT2D eigenvalue weighted by Gasteiger charge is -2.29. The number of benzene rings is 2. The van der Waals surface area contributed by atoms with E-state index < -0.39 is 6.10 Å². The van der Waals surface area contributed by atoms with E-state index in [9.17, 15) is 14.7 Å². The van der Waals surface area contributed by atoms with Crippen molar-refractivity contribution in [2.24, 2.45) is 0 Å². The zero-order chi connectivity index (χ0) is 20.0. The third kappa shape index (κ3) is 3.00. The van der Waals surface area contributed by atoms with Crippen LogP contribution in [0, 0.1) is 0 Å². The van der Waals surface area contributed by atoms with E-state index in [2.05, 4.69) is 4.90 Å². The second-order valence-electron chi connectivity index (χ2n) is 7.63. The Balaban J connectivity index is 1.63. The van der Waals surface area contributed by atoms with Gasteiger partial charge in [0.25, 0.3) is 5.56 Å². The Morgan fingerprint density at radius 1 is 0.897 bits per heavy atom. The number of aromatic nitrogens is 1. The molecule has 29 heavy (non-hydrogen) atoms. The van der Waals surface area contributed by atoms with Crippen LogP contribution in [-0.4, -0.2) is 59.3 Å². The molecule has 3 aromatic rings. The lowest BCUT2D eigenvalue weighted by Crippen LogP contribution is -2.43. The third-order valence-corrected chi connectivity index (χ3v) is 5.80. The van der Waals surface area contributed by atoms with E-state index in [0.29, 0.717) is 47.4 Å². The molecule has 0 saturated carbocycles. The lowest BCUT2D eigenvalue weighted by atomic mass is 10.0. The molecule has 148 valence electrons. The molecule has 1 fully saturated rings. The molecule has 2 heterocycles. The Bertz CT molecular complexity index is 1160. The first-order valence-electron chi connectivity index (χ1n) is 9.93. The van der Waals surface area contributed by atoms with Gasteiger partial charge in [0.05, 0.1) is 37.1 Å². The summed E-state index contributed by atoms with van der Waals surface area (Å²) in [6.07, 6.45) is -0.723. The summed E-state index contributed by atoms with van der Waals surface area (Å²) in [6, 6.07) is 14.6. The van der Waals surface area contributed by atoms with Crippen molar-refractivity contribution in [3.05, 3.63) is 70.0 Å². The van der Waals surface area contributed by atoms with Crippen molar-refractivity contribution in [1.82, 2.24) is 9.47 Å². The fraction of sp³-hybridized carbons (Fsp3) is 0.304. The molecule has 1 aliphatic heterocycles. The van der Waals surface area contributed by atoms with Gasteiger partial charge in [-0.2, -0.15) is 0 Å². The van der Waals surface area contributed by atoms with Gasteiger partial charge in [-0.15, -0.1) is 0 Å². The normalized spacial score (nSPS) is 17.3. The van der Waals surface area contributed by atoms with Crippen LogP contribution in [0.15, 0.2) is 53.3 Å². The molecular formula is C23H22N2O4. The van der Waals surface area contributed by atoms with Gasteiger partial charge in [-0.25, -0.2) is 0 Å². The van der Waals surface area contributed by atoms with E-state index in [1.807, 2.05) is 30.3 Å². The van der Waals surface area contributed by atoms with Crippen LogP contribution in [0.3, 0.4) is 0 Å². The molecule has 0 unspecified atom stereocenters. The number of morpholine rings is 1. The lowest BCUT2D eigenvalue weighted by molar-refractivity contribution is 0.0114. The van der Waals surface area contributed by atoms with E-state index >= 15 is 0 Å². The van der Waals surface area contributed by atoms with E-state index in [4.69, 9.17) is 4.74 Å². The second kappa shape index (κ2) is 7.22. The van der Waals surface area contributed by atoms with E-state index in [1.54, 1.807) is 22.8 Å². The van der Waals surface area contributed by atoms with Gasteiger partial charge in [0.15, 0.2) is 5.78 Å². The molecule has 1 saturated heterocycles. The van der Waals surface area contributed by atoms with Crippen molar-refractivity contribution in [3.63, 3.8) is 0 Å². The molecule has 1 N–H and O–H groups in total. The van der Waals surface area contributed by atoms with Gasteiger partial charge in [-0.05, 0) is 6.07 Å². The maximum atomic E-state index is 13.3. The Labute approximate surface area is 167 Å². The van der Waals surface area contributed by atoms with Crippen LogP contribution in [0.5, 0.6) is 0 Å². The summed E-state index contributed by atoms with van der Waals surface area (Å²) in [7, 11) is 0. The number of carbonyl (C=O) groups excluding carboxylic acids is 1. The van der Waals surface area contributed by atoms with Gasteiger partial charge in [0.1, 0.15) is 0 Å². The number of nitrogens with zero attached hydrogens (tertiary/aromatic N) is 2. The quantitative estimate of drug-likeness (QED) is 0.576. The van der Waals surface area contributed by atoms with Crippen molar-refractivity contribution in [3.8, 4) is 11.3 Å². The number of rotatable bonds is 4. The minimum Gasteiger partial charge on any atom is -0.390 e. The Hall–Kier alpha value is -2.80. The molecule has 0 bridgehead atoms. The zero-order valence-corrected chi connectivity index (χ0v) is 16.0. The highest BCUT2D eigenvalue weighted by Gasteiger charge is 2.32. The second-order valence-corrected chi connectivity index (χ2v) is 7.63. The number of hydrogen-bond donors (Lipinski definition) is 1. The molecule has 0 amide bonds. The van der Waals surface area contributed by atoms with Gasteiger partial charge >= 0.3 is 0 Å². The number of carbonyl (C=O) groups is 1. The molecule has 2 aromatic carbocycles. The number of fused-ring (bicyclic) bond motifs is 5. The van der Waals surface area contributed by atoms with Crippen LogP contribution in [0.2, 0.25) is 0 Å². The first-order chi connectivity index (χ1) is 14.1. The highest BCUT2D eigenvalue weighted by molar-refractivity contribution is 6.26. The molecular weight excluding hydrogens is 368 g/mol. The van der Waals surface area contributed by atoms with Crippen LogP contribution in [0.4, 0.5) is 0 Å². The first-order valence-corrected chi connectivity index (χ1v) is 9.93. The fourth-order valence-electron chi connectivity index (χ4n) is 4.45. The van der Waals surface area contributed by atoms with Crippen LogP contribution in [0.25, 0.3) is 22.0 Å². The molecule has 6 heteroatoms. The maximum absolute atomic E-state index is 13.3. The summed E-state index contributed by atoms with van der Waals surface area (Å²) in [6.45, 7) is 3.45. The number of β-amino-alcohol motifs (C(OH)–C–C–N with tert-alkyl or cyclic N) is 1. The smallest absolute Gasteiger partial charge is 0.259 e.